The highest BCUT2D eigenvalue weighted by Gasteiger charge is 2.26. The Morgan fingerprint density at radius 2 is 1.94 bits per heavy atom. The van der Waals surface area contributed by atoms with Gasteiger partial charge in [0.1, 0.15) is 5.69 Å². The summed E-state index contributed by atoms with van der Waals surface area (Å²) in [5.41, 5.74) is 7.03. The zero-order chi connectivity index (χ0) is 22.9. The molecule has 168 valence electrons. The third-order valence-electron chi connectivity index (χ3n) is 5.91. The summed E-state index contributed by atoms with van der Waals surface area (Å²) in [5, 5.41) is 0. The second-order valence-corrected chi connectivity index (χ2v) is 10.2. The molecule has 0 unspecified atom stereocenters. The van der Waals surface area contributed by atoms with Crippen LogP contribution in [0, 0.1) is 20.8 Å². The number of nitrogens with zero attached hydrogens (tertiary/aromatic N) is 2. The maximum atomic E-state index is 13.0. The third kappa shape index (κ3) is 4.76. The second-order valence-electron chi connectivity index (χ2n) is 8.38. The quantitative estimate of drug-likeness (QED) is 0.601. The summed E-state index contributed by atoms with van der Waals surface area (Å²) >= 11 is 0. The number of nitrogens with one attached hydrogen (secondary N) is 2. The van der Waals surface area contributed by atoms with Crippen molar-refractivity contribution in [2.75, 3.05) is 6.54 Å². The lowest BCUT2D eigenvalue weighted by molar-refractivity contribution is 0.0728. The molecular formula is C24H28N4O3S. The molecule has 1 amide bonds. The van der Waals surface area contributed by atoms with E-state index in [0.29, 0.717) is 25.2 Å². The fourth-order valence-corrected chi connectivity index (χ4v) is 5.36. The van der Waals surface area contributed by atoms with Gasteiger partial charge in [-0.15, -0.1) is 0 Å². The summed E-state index contributed by atoms with van der Waals surface area (Å²) in [6.07, 6.45) is 2.47. The van der Waals surface area contributed by atoms with Crippen molar-refractivity contribution in [3.63, 3.8) is 0 Å². The van der Waals surface area contributed by atoms with E-state index in [1.54, 1.807) is 18.3 Å². The highest BCUT2D eigenvalue weighted by molar-refractivity contribution is 7.88. The van der Waals surface area contributed by atoms with E-state index in [9.17, 15) is 13.2 Å². The fourth-order valence-electron chi connectivity index (χ4n) is 4.27. The molecule has 0 fully saturated rings. The SMILES string of the molecule is Cc1cc(C)c(C(=O)N2CCc3c(cnc(C)c3CNS(=O)(=O)Cc3ccccc3)C2)[nH]1. The molecule has 2 aromatic heterocycles. The maximum Gasteiger partial charge on any atom is 0.270 e. The van der Waals surface area contributed by atoms with Crippen LogP contribution >= 0.6 is 0 Å². The average Bonchev–Trinajstić information content (AvgIpc) is 3.10. The van der Waals surface area contributed by atoms with E-state index >= 15 is 0 Å². The first-order valence-electron chi connectivity index (χ1n) is 10.7. The van der Waals surface area contributed by atoms with Crippen LogP contribution in [0.2, 0.25) is 0 Å². The van der Waals surface area contributed by atoms with Crippen LogP contribution in [0.15, 0.2) is 42.6 Å². The largest absolute Gasteiger partial charge is 0.354 e. The molecule has 3 aromatic rings. The minimum Gasteiger partial charge on any atom is -0.354 e. The Morgan fingerprint density at radius 1 is 1.19 bits per heavy atom. The number of fused-ring (bicyclic) bond motifs is 1. The van der Waals surface area contributed by atoms with Crippen LogP contribution < -0.4 is 4.72 Å². The zero-order valence-electron chi connectivity index (χ0n) is 18.6. The van der Waals surface area contributed by atoms with Gasteiger partial charge in [-0.05, 0) is 61.1 Å². The molecular weight excluding hydrogens is 424 g/mol. The molecule has 3 heterocycles. The number of amides is 1. The van der Waals surface area contributed by atoms with Gasteiger partial charge < -0.3 is 9.88 Å². The lowest BCUT2D eigenvalue weighted by Crippen LogP contribution is -2.37. The molecule has 32 heavy (non-hydrogen) atoms. The Labute approximate surface area is 188 Å². The summed E-state index contributed by atoms with van der Waals surface area (Å²) in [7, 11) is -3.49. The Bertz CT molecular complexity index is 1250. The molecule has 2 N–H and O–H groups in total. The molecule has 0 radical (unpaired) electrons. The van der Waals surface area contributed by atoms with Gasteiger partial charge in [-0.2, -0.15) is 0 Å². The molecule has 1 aliphatic rings. The Kier molecular flexibility index (Phi) is 6.17. The number of H-pyrrole nitrogens is 1. The summed E-state index contributed by atoms with van der Waals surface area (Å²) < 4.78 is 27.9. The smallest absolute Gasteiger partial charge is 0.270 e. The summed E-state index contributed by atoms with van der Waals surface area (Å²) in [4.78, 5) is 22.5. The molecule has 8 heteroatoms. The van der Waals surface area contributed by atoms with Gasteiger partial charge in [-0.25, -0.2) is 13.1 Å². The second kappa shape index (κ2) is 8.88. The standard InChI is InChI=1S/C24H28N4O3S/c1-16-11-17(2)27-23(16)24(29)28-10-9-21-20(14-28)12-25-18(3)22(21)13-26-32(30,31)15-19-7-5-4-6-8-19/h4-8,11-12,26-27H,9-10,13-15H2,1-3H3. The van der Waals surface area contributed by atoms with Crippen molar-refractivity contribution in [2.45, 2.75) is 46.0 Å². The van der Waals surface area contributed by atoms with E-state index in [2.05, 4.69) is 14.7 Å². The van der Waals surface area contributed by atoms with E-state index in [-0.39, 0.29) is 18.2 Å². The third-order valence-corrected chi connectivity index (χ3v) is 7.21. The molecule has 0 saturated carbocycles. The van der Waals surface area contributed by atoms with E-state index in [4.69, 9.17) is 0 Å². The van der Waals surface area contributed by atoms with Gasteiger partial charge in [0.2, 0.25) is 10.0 Å². The first kappa shape index (κ1) is 22.2. The lowest BCUT2D eigenvalue weighted by atomic mass is 9.95. The molecule has 7 nitrogen and oxygen atoms in total. The molecule has 4 rings (SSSR count). The van der Waals surface area contributed by atoms with Gasteiger partial charge >= 0.3 is 0 Å². The van der Waals surface area contributed by atoms with Crippen LogP contribution in [0.4, 0.5) is 0 Å². The van der Waals surface area contributed by atoms with E-state index in [0.717, 1.165) is 39.2 Å². The average molecular weight is 453 g/mol. The van der Waals surface area contributed by atoms with Gasteiger partial charge in [0, 0.05) is 37.2 Å². The number of benzene rings is 1. The highest BCUT2D eigenvalue weighted by Crippen LogP contribution is 2.26. The predicted octanol–water partition coefficient (Wildman–Crippen LogP) is 3.15. The van der Waals surface area contributed by atoms with Crippen molar-refractivity contribution in [3.05, 3.63) is 87.5 Å². The van der Waals surface area contributed by atoms with Crippen LogP contribution in [0.25, 0.3) is 0 Å². The van der Waals surface area contributed by atoms with Crippen LogP contribution in [0.3, 0.4) is 0 Å². The minimum atomic E-state index is -3.49. The molecule has 0 spiro atoms. The Balaban J connectivity index is 1.50. The Hall–Kier alpha value is -2.97. The van der Waals surface area contributed by atoms with Crippen LogP contribution in [0.5, 0.6) is 0 Å². The fraction of sp³-hybridized carbons (Fsp3) is 0.333. The number of aromatic nitrogens is 2. The van der Waals surface area contributed by atoms with E-state index in [1.807, 2.05) is 49.9 Å². The number of aromatic amines is 1. The zero-order valence-corrected chi connectivity index (χ0v) is 19.4. The van der Waals surface area contributed by atoms with Crippen molar-refractivity contribution in [2.24, 2.45) is 0 Å². The van der Waals surface area contributed by atoms with Crippen molar-refractivity contribution in [1.82, 2.24) is 19.6 Å². The number of carbonyl (C=O) groups is 1. The summed E-state index contributed by atoms with van der Waals surface area (Å²) in [6.45, 7) is 7.00. The molecule has 0 aliphatic carbocycles. The molecule has 0 bridgehead atoms. The maximum absolute atomic E-state index is 13.0. The van der Waals surface area contributed by atoms with E-state index < -0.39 is 10.0 Å². The van der Waals surface area contributed by atoms with Crippen LogP contribution in [-0.4, -0.2) is 35.7 Å². The van der Waals surface area contributed by atoms with Gasteiger partial charge in [0.05, 0.1) is 5.75 Å². The summed E-state index contributed by atoms with van der Waals surface area (Å²) in [5.74, 6) is -0.0843. The van der Waals surface area contributed by atoms with Crippen molar-refractivity contribution in [3.8, 4) is 0 Å². The number of rotatable bonds is 6. The van der Waals surface area contributed by atoms with Gasteiger partial charge in [0.15, 0.2) is 0 Å². The summed E-state index contributed by atoms with van der Waals surface area (Å²) in [6, 6.07) is 11.1. The number of hydrogen-bond acceptors (Lipinski definition) is 4. The highest BCUT2D eigenvalue weighted by atomic mass is 32.2. The number of hydrogen-bond donors (Lipinski definition) is 2. The Morgan fingerprint density at radius 3 is 2.62 bits per heavy atom. The number of sulfonamides is 1. The van der Waals surface area contributed by atoms with Gasteiger partial charge in [0.25, 0.3) is 5.91 Å². The number of aryl methyl sites for hydroxylation is 3. The number of pyridine rings is 1. The molecule has 1 aliphatic heterocycles. The monoisotopic (exact) mass is 452 g/mol. The van der Waals surface area contributed by atoms with E-state index in [1.165, 1.54) is 0 Å². The van der Waals surface area contributed by atoms with Crippen molar-refractivity contribution < 1.29 is 13.2 Å². The first-order chi connectivity index (χ1) is 15.2. The minimum absolute atomic E-state index is 0.0214. The molecule has 0 atom stereocenters. The number of carbonyl (C=O) groups excluding carboxylic acids is 1. The van der Waals surface area contributed by atoms with Gasteiger partial charge in [-0.3, -0.25) is 9.78 Å². The normalized spacial score (nSPS) is 13.8. The predicted molar refractivity (Wildman–Crippen MR) is 124 cm³/mol. The van der Waals surface area contributed by atoms with Crippen molar-refractivity contribution in [1.29, 1.82) is 0 Å². The van der Waals surface area contributed by atoms with Gasteiger partial charge in [-0.1, -0.05) is 30.3 Å². The lowest BCUT2D eigenvalue weighted by Gasteiger charge is -2.30. The topological polar surface area (TPSA) is 95.2 Å². The van der Waals surface area contributed by atoms with Crippen molar-refractivity contribution >= 4 is 15.9 Å². The molecule has 0 saturated heterocycles. The first-order valence-corrected chi connectivity index (χ1v) is 12.3. The van der Waals surface area contributed by atoms with Crippen LogP contribution in [-0.2, 0) is 35.3 Å². The van der Waals surface area contributed by atoms with Crippen LogP contribution in [0.1, 0.15) is 49.7 Å². The molecule has 1 aromatic carbocycles.